The average Bonchev–Trinajstić information content (AvgIpc) is 3.17. The second-order valence-corrected chi connectivity index (χ2v) is 10.8. The number of phenolic OH excluding ortho intramolecular Hbond substituents is 1. The van der Waals surface area contributed by atoms with Crippen LogP contribution >= 0.6 is 39.1 Å². The second kappa shape index (κ2) is 8.04. The highest BCUT2D eigenvalue weighted by Gasteiger charge is 2.76. The number of ether oxygens (including phenoxy) is 1. The number of benzene rings is 1. The first-order chi connectivity index (χ1) is 16.5. The van der Waals surface area contributed by atoms with E-state index < -0.39 is 63.1 Å². The smallest absolute Gasteiger partial charge is 0.423 e. The molecule has 35 heavy (non-hydrogen) atoms. The van der Waals surface area contributed by atoms with E-state index in [-0.39, 0.29) is 29.6 Å². The summed E-state index contributed by atoms with van der Waals surface area (Å²) < 4.78 is 4.63. The van der Waals surface area contributed by atoms with Crippen LogP contribution in [0.25, 0.3) is 0 Å². The highest BCUT2D eigenvalue weighted by molar-refractivity contribution is 9.09. The van der Waals surface area contributed by atoms with Gasteiger partial charge in [-0.1, -0.05) is 45.8 Å². The van der Waals surface area contributed by atoms with Gasteiger partial charge >= 0.3 is 6.09 Å². The van der Waals surface area contributed by atoms with Gasteiger partial charge in [0.25, 0.3) is 11.8 Å². The van der Waals surface area contributed by atoms with E-state index in [2.05, 4.69) is 20.7 Å². The maximum atomic E-state index is 13.6. The number of likely N-dealkylation sites (tertiary alicyclic amines) is 2. The van der Waals surface area contributed by atoms with Crippen LogP contribution in [0.2, 0.25) is 0 Å². The third-order valence-corrected chi connectivity index (χ3v) is 9.53. The van der Waals surface area contributed by atoms with Gasteiger partial charge in [0.2, 0.25) is 11.8 Å². The Kier molecular flexibility index (Phi) is 5.58. The van der Waals surface area contributed by atoms with Crippen LogP contribution in [0.5, 0.6) is 5.75 Å². The molecule has 1 aromatic carbocycles. The number of amides is 5. The summed E-state index contributed by atoms with van der Waals surface area (Å²) in [4.78, 5) is 62.9. The first-order valence-electron chi connectivity index (χ1n) is 10.8. The monoisotopic (exact) mass is 584 g/mol. The number of carbonyl (C=O) groups is 5. The molecule has 4 aliphatic rings. The van der Waals surface area contributed by atoms with E-state index in [1.165, 1.54) is 6.07 Å². The molecule has 2 saturated heterocycles. The van der Waals surface area contributed by atoms with Crippen LogP contribution in [-0.4, -0.2) is 66.9 Å². The maximum Gasteiger partial charge on any atom is 0.423 e. The number of imide groups is 4. The highest BCUT2D eigenvalue weighted by atomic mass is 79.9. The van der Waals surface area contributed by atoms with Crippen molar-refractivity contribution in [2.75, 3.05) is 12.6 Å². The summed E-state index contributed by atoms with van der Waals surface area (Å²) in [7, 11) is 1.07. The first-order valence-corrected chi connectivity index (χ1v) is 12.7. The fourth-order valence-corrected chi connectivity index (χ4v) is 7.52. The molecule has 5 rings (SSSR count). The lowest BCUT2D eigenvalue weighted by Crippen LogP contribution is -2.60. The molecular weight excluding hydrogens is 567 g/mol. The van der Waals surface area contributed by atoms with E-state index in [4.69, 9.17) is 23.2 Å². The van der Waals surface area contributed by atoms with E-state index in [1.54, 1.807) is 24.3 Å². The van der Waals surface area contributed by atoms with Crippen molar-refractivity contribution in [3.05, 3.63) is 41.5 Å². The number of para-hydroxylation sites is 1. The molecule has 184 valence electrons. The summed E-state index contributed by atoms with van der Waals surface area (Å²) in [5.74, 6) is -6.80. The number of hydrogen-bond donors (Lipinski definition) is 1. The zero-order valence-electron chi connectivity index (χ0n) is 18.2. The number of halogens is 3. The molecule has 2 aliphatic carbocycles. The van der Waals surface area contributed by atoms with Gasteiger partial charge in [-0.15, -0.1) is 23.2 Å². The molecule has 0 radical (unpaired) electrons. The molecule has 1 N–H and O–H groups in total. The van der Waals surface area contributed by atoms with Gasteiger partial charge in [0.1, 0.15) is 5.75 Å². The Labute approximate surface area is 218 Å². The molecule has 6 atom stereocenters. The molecule has 2 heterocycles. The summed E-state index contributed by atoms with van der Waals surface area (Å²) in [5.41, 5.74) is 0.635. The number of allylic oxidation sites excluding steroid dienone is 2. The fraction of sp³-hybridized carbons (Fsp3) is 0.435. The number of phenols is 1. The number of methoxy groups -OCH3 is 1. The Balaban J connectivity index is 1.73. The van der Waals surface area contributed by atoms with Gasteiger partial charge in [0.05, 0.1) is 24.4 Å². The molecule has 1 saturated carbocycles. The molecular formula is C23H19BrCl2N2O7. The third kappa shape index (κ3) is 2.90. The van der Waals surface area contributed by atoms with Gasteiger partial charge in [-0.05, 0) is 24.8 Å². The van der Waals surface area contributed by atoms with Gasteiger partial charge in [0.15, 0.2) is 9.75 Å². The van der Waals surface area contributed by atoms with Gasteiger partial charge in [-0.2, -0.15) is 4.90 Å². The number of nitrogens with zero attached hydrogens (tertiary/aromatic N) is 2. The van der Waals surface area contributed by atoms with Crippen molar-refractivity contribution in [2.24, 2.45) is 17.8 Å². The van der Waals surface area contributed by atoms with Crippen LogP contribution in [0, 0.1) is 17.8 Å². The van der Waals surface area contributed by atoms with Crippen molar-refractivity contribution in [2.45, 2.75) is 28.5 Å². The third-order valence-electron chi connectivity index (χ3n) is 7.62. The molecule has 0 bridgehead atoms. The number of hydrogen-bond acceptors (Lipinski definition) is 7. The van der Waals surface area contributed by atoms with E-state index in [0.717, 1.165) is 12.0 Å². The van der Waals surface area contributed by atoms with Gasteiger partial charge in [0, 0.05) is 11.5 Å². The highest BCUT2D eigenvalue weighted by Crippen LogP contribution is 2.66. The van der Waals surface area contributed by atoms with Crippen LogP contribution in [0.3, 0.4) is 0 Å². The molecule has 0 spiro atoms. The number of alkyl halides is 3. The fourth-order valence-electron chi connectivity index (χ4n) is 6.10. The van der Waals surface area contributed by atoms with Crippen molar-refractivity contribution in [3.63, 3.8) is 0 Å². The zero-order valence-corrected chi connectivity index (χ0v) is 21.3. The average molecular weight is 586 g/mol. The lowest BCUT2D eigenvalue weighted by atomic mass is 9.56. The molecule has 0 aromatic heterocycles. The number of fused-ring (bicyclic) bond motifs is 4. The molecule has 3 fully saturated rings. The minimum absolute atomic E-state index is 0.102. The van der Waals surface area contributed by atoms with Gasteiger partial charge in [-0.25, -0.2) is 4.79 Å². The first kappa shape index (κ1) is 24.3. The predicted octanol–water partition coefficient (Wildman–Crippen LogP) is 2.87. The van der Waals surface area contributed by atoms with Crippen LogP contribution < -0.4 is 0 Å². The van der Waals surface area contributed by atoms with E-state index in [9.17, 15) is 29.1 Å². The van der Waals surface area contributed by atoms with Gasteiger partial charge in [-0.3, -0.25) is 24.1 Å². The minimum Gasteiger partial charge on any atom is -0.508 e. The normalized spacial score (nSPS) is 36.1. The lowest BCUT2D eigenvalue weighted by Gasteiger charge is -2.50. The zero-order chi connectivity index (χ0) is 25.4. The molecule has 9 nitrogen and oxygen atoms in total. The summed E-state index contributed by atoms with van der Waals surface area (Å²) >= 11 is 17.2. The van der Waals surface area contributed by atoms with Crippen LogP contribution in [-0.2, 0) is 23.9 Å². The Morgan fingerprint density at radius 1 is 1.14 bits per heavy atom. The van der Waals surface area contributed by atoms with Crippen LogP contribution in [0.1, 0.15) is 24.3 Å². The lowest BCUT2D eigenvalue weighted by molar-refractivity contribution is -0.140. The second-order valence-electron chi connectivity index (χ2n) is 9.03. The summed E-state index contributed by atoms with van der Waals surface area (Å²) in [6.07, 6.45) is 0.515. The maximum absolute atomic E-state index is 13.6. The summed E-state index contributed by atoms with van der Waals surface area (Å²) in [5, 5.41) is 10.7. The number of aromatic hydroxyl groups is 1. The molecule has 1 aromatic rings. The van der Waals surface area contributed by atoms with E-state index >= 15 is 0 Å². The van der Waals surface area contributed by atoms with Crippen LogP contribution in [0.4, 0.5) is 4.79 Å². The van der Waals surface area contributed by atoms with Crippen molar-refractivity contribution >= 4 is 68.9 Å². The van der Waals surface area contributed by atoms with E-state index in [0.29, 0.717) is 10.5 Å². The van der Waals surface area contributed by atoms with Crippen molar-refractivity contribution in [3.8, 4) is 5.75 Å². The Bertz CT molecular complexity index is 1240. The van der Waals surface area contributed by atoms with Crippen molar-refractivity contribution < 1.29 is 33.8 Å². The quantitative estimate of drug-likeness (QED) is 0.245. The summed E-state index contributed by atoms with van der Waals surface area (Å²) in [6.45, 7) is 0. The summed E-state index contributed by atoms with van der Waals surface area (Å²) in [6, 6.07) is 6.24. The predicted molar refractivity (Wildman–Crippen MR) is 126 cm³/mol. The van der Waals surface area contributed by atoms with Crippen molar-refractivity contribution in [1.29, 1.82) is 0 Å². The minimum atomic E-state index is -2.00. The number of rotatable bonds is 2. The number of carbonyl (C=O) groups excluding carboxylic acids is 5. The topological polar surface area (TPSA) is 121 Å². The Morgan fingerprint density at radius 3 is 2.46 bits per heavy atom. The van der Waals surface area contributed by atoms with Gasteiger partial charge < -0.3 is 9.84 Å². The Morgan fingerprint density at radius 2 is 1.83 bits per heavy atom. The largest absolute Gasteiger partial charge is 0.508 e. The molecule has 0 unspecified atom stereocenters. The SMILES string of the molecule is COC(=O)N1C(=O)[C@H]2[C@H](CC=C3[C@H]2C[C@@]2(Cl)C(=O)N(CBr)C(=O)[C@@]2(Cl)[C@H]3c2ccccc2O)C1=O. The van der Waals surface area contributed by atoms with Crippen LogP contribution in [0.15, 0.2) is 35.9 Å². The molecule has 12 heteroatoms. The van der Waals surface area contributed by atoms with Crippen molar-refractivity contribution in [1.82, 2.24) is 9.80 Å². The molecule has 5 amide bonds. The standard InChI is InChI=1S/C23H19BrCl2N2O7/c1-35-21(34)28-17(30)12-7-6-10-13(15(12)18(28)31)8-22(25)19(32)27(9-24)20(33)23(22,26)16(10)11-4-2-3-5-14(11)29/h2-6,12-13,15-16,29H,7-9H2,1H3/t12-,13+,15-,16+,22+,23-/m0/s1. The Hall–Kier alpha value is -2.43. The molecule has 2 aliphatic heterocycles. The van der Waals surface area contributed by atoms with E-state index in [1.807, 2.05) is 0 Å².